The minimum Gasteiger partial charge on any atom is -0.496 e. The first kappa shape index (κ1) is 21.3. The molecular weight excluding hydrogens is 387 g/mol. The molecule has 0 bridgehead atoms. The fourth-order valence-corrected chi connectivity index (χ4v) is 2.26. The average molecular weight is 404 g/mol. The molecule has 0 saturated carbocycles. The van der Waals surface area contributed by atoms with Crippen LogP contribution in [-0.4, -0.2) is 43.7 Å². The van der Waals surface area contributed by atoms with E-state index in [1.807, 2.05) is 0 Å². The van der Waals surface area contributed by atoms with E-state index in [4.69, 9.17) is 9.47 Å². The van der Waals surface area contributed by atoms with Crippen molar-refractivity contribution < 1.29 is 28.4 Å². The van der Waals surface area contributed by atoms with E-state index in [2.05, 4.69) is 15.8 Å². The second-order valence-electron chi connectivity index (χ2n) is 5.51. The van der Waals surface area contributed by atoms with Crippen molar-refractivity contribution in [3.8, 4) is 11.5 Å². The summed E-state index contributed by atoms with van der Waals surface area (Å²) in [7, 11) is 2.65. The molecule has 2 aromatic rings. The van der Waals surface area contributed by atoms with Gasteiger partial charge in [-0.25, -0.2) is 9.82 Å². The fraction of sp³-hybridized carbons (Fsp3) is 0.167. The third kappa shape index (κ3) is 5.73. The van der Waals surface area contributed by atoms with Gasteiger partial charge >= 0.3 is 5.69 Å². The maximum Gasteiger partial charge on any atom is 0.311 e. The minimum atomic E-state index is -0.659. The van der Waals surface area contributed by atoms with E-state index in [0.29, 0.717) is 0 Å². The zero-order chi connectivity index (χ0) is 21.4. The molecule has 0 spiro atoms. The number of nitrogens with zero attached hydrogens (tertiary/aromatic N) is 2. The summed E-state index contributed by atoms with van der Waals surface area (Å²) in [5, 5.41) is 17.1. The lowest BCUT2D eigenvalue weighted by atomic mass is 10.1. The number of nitro benzene ring substituents is 1. The number of ether oxygens (including phenoxy) is 2. The molecular formula is C18H17FN4O6. The molecule has 0 heterocycles. The van der Waals surface area contributed by atoms with Gasteiger partial charge in [-0.15, -0.1) is 0 Å². The summed E-state index contributed by atoms with van der Waals surface area (Å²) in [4.78, 5) is 34.1. The van der Waals surface area contributed by atoms with Crippen molar-refractivity contribution >= 4 is 23.7 Å². The molecule has 10 nitrogen and oxygen atoms in total. The summed E-state index contributed by atoms with van der Waals surface area (Å²) in [5.41, 5.74) is 2.15. The number of rotatable bonds is 8. The van der Waals surface area contributed by atoms with Gasteiger partial charge in [-0.05, 0) is 18.2 Å². The number of nitro groups is 1. The summed E-state index contributed by atoms with van der Waals surface area (Å²) < 4.78 is 23.2. The summed E-state index contributed by atoms with van der Waals surface area (Å²) >= 11 is 0. The predicted molar refractivity (Wildman–Crippen MR) is 101 cm³/mol. The van der Waals surface area contributed by atoms with Crippen LogP contribution in [0.25, 0.3) is 0 Å². The molecule has 0 aliphatic rings. The number of amides is 2. The van der Waals surface area contributed by atoms with Gasteiger partial charge in [0.2, 0.25) is 5.75 Å². The Morgan fingerprint density at radius 1 is 1.21 bits per heavy atom. The second-order valence-corrected chi connectivity index (χ2v) is 5.51. The van der Waals surface area contributed by atoms with E-state index in [1.54, 1.807) is 0 Å². The average Bonchev–Trinajstić information content (AvgIpc) is 2.71. The quantitative estimate of drug-likeness (QED) is 0.390. The van der Waals surface area contributed by atoms with Gasteiger partial charge in [0.15, 0.2) is 0 Å². The van der Waals surface area contributed by atoms with Gasteiger partial charge in [-0.2, -0.15) is 5.10 Å². The number of carbonyl (C=O) groups is 2. The Hall–Kier alpha value is -4.02. The van der Waals surface area contributed by atoms with Crippen LogP contribution in [0.2, 0.25) is 0 Å². The number of nitrogens with one attached hydrogen (secondary N) is 2. The first-order valence-corrected chi connectivity index (χ1v) is 8.11. The van der Waals surface area contributed by atoms with Crippen LogP contribution in [0.1, 0.15) is 15.9 Å². The van der Waals surface area contributed by atoms with Crippen LogP contribution in [0, 0.1) is 15.9 Å². The number of carbonyl (C=O) groups excluding carboxylic acids is 2. The zero-order valence-corrected chi connectivity index (χ0v) is 15.5. The van der Waals surface area contributed by atoms with Gasteiger partial charge in [0, 0.05) is 23.3 Å². The van der Waals surface area contributed by atoms with E-state index in [-0.39, 0.29) is 28.3 Å². The largest absolute Gasteiger partial charge is 0.496 e. The van der Waals surface area contributed by atoms with Crippen molar-refractivity contribution in [2.24, 2.45) is 5.10 Å². The van der Waals surface area contributed by atoms with Crippen LogP contribution in [0.3, 0.4) is 0 Å². The second kappa shape index (κ2) is 9.78. The Morgan fingerprint density at radius 2 is 1.93 bits per heavy atom. The van der Waals surface area contributed by atoms with Crippen LogP contribution >= 0.6 is 0 Å². The third-order valence-electron chi connectivity index (χ3n) is 3.62. The molecule has 0 unspecified atom stereocenters. The molecule has 0 fully saturated rings. The summed E-state index contributed by atoms with van der Waals surface area (Å²) in [6.45, 7) is -0.410. The molecule has 0 aliphatic heterocycles. The monoisotopic (exact) mass is 404 g/mol. The lowest BCUT2D eigenvalue weighted by Crippen LogP contribution is -2.34. The van der Waals surface area contributed by atoms with Crippen molar-refractivity contribution in [3.05, 3.63) is 63.5 Å². The van der Waals surface area contributed by atoms with Crippen LogP contribution in [0.4, 0.5) is 10.1 Å². The maximum absolute atomic E-state index is 13.1. The number of benzene rings is 2. The van der Waals surface area contributed by atoms with Gasteiger partial charge in [0.05, 0.1) is 31.9 Å². The Morgan fingerprint density at radius 3 is 2.55 bits per heavy atom. The standard InChI is InChI=1S/C18H17FN4O6/c1-28-15-8-16(29-2)14(23(26)27)7-12(15)9-21-22-17(24)10-20-18(25)11-4-3-5-13(19)6-11/h3-9H,10H2,1-2H3,(H,20,25)(H,22,24). The molecule has 2 rings (SSSR count). The van der Waals surface area contributed by atoms with E-state index in [1.165, 1.54) is 44.6 Å². The van der Waals surface area contributed by atoms with E-state index in [9.17, 15) is 24.1 Å². The molecule has 0 aliphatic carbocycles. The summed E-state index contributed by atoms with van der Waals surface area (Å²) in [6.07, 6.45) is 1.15. The molecule has 2 aromatic carbocycles. The van der Waals surface area contributed by atoms with Gasteiger partial charge in [0.25, 0.3) is 11.8 Å². The third-order valence-corrected chi connectivity index (χ3v) is 3.62. The summed E-state index contributed by atoms with van der Waals surface area (Å²) in [6, 6.07) is 7.50. The molecule has 0 radical (unpaired) electrons. The van der Waals surface area contributed by atoms with Crippen molar-refractivity contribution in [3.63, 3.8) is 0 Å². The van der Waals surface area contributed by atoms with Crippen molar-refractivity contribution in [2.75, 3.05) is 20.8 Å². The first-order valence-electron chi connectivity index (χ1n) is 8.11. The van der Waals surface area contributed by atoms with Gasteiger partial charge in [0.1, 0.15) is 11.6 Å². The van der Waals surface area contributed by atoms with Gasteiger partial charge < -0.3 is 14.8 Å². The van der Waals surface area contributed by atoms with Gasteiger partial charge in [-0.3, -0.25) is 19.7 Å². The predicted octanol–water partition coefficient (Wildman–Crippen LogP) is 1.63. The normalized spacial score (nSPS) is 10.4. The Labute approximate surface area is 164 Å². The van der Waals surface area contributed by atoms with Crippen molar-refractivity contribution in [1.29, 1.82) is 0 Å². The highest BCUT2D eigenvalue weighted by atomic mass is 19.1. The number of hydrazone groups is 1. The number of hydrogen-bond donors (Lipinski definition) is 2. The van der Waals surface area contributed by atoms with E-state index >= 15 is 0 Å². The molecule has 11 heteroatoms. The van der Waals surface area contributed by atoms with Crippen LogP contribution in [0.5, 0.6) is 11.5 Å². The Balaban J connectivity index is 2.00. The Kier molecular flexibility index (Phi) is 7.18. The number of halogens is 1. The van der Waals surface area contributed by atoms with E-state index in [0.717, 1.165) is 12.3 Å². The van der Waals surface area contributed by atoms with Crippen LogP contribution in [-0.2, 0) is 4.79 Å². The fourth-order valence-electron chi connectivity index (χ4n) is 2.26. The van der Waals surface area contributed by atoms with Gasteiger partial charge in [-0.1, -0.05) is 6.07 Å². The molecule has 0 atom stereocenters. The smallest absolute Gasteiger partial charge is 0.311 e. The minimum absolute atomic E-state index is 0.00750. The zero-order valence-electron chi connectivity index (χ0n) is 15.5. The van der Waals surface area contributed by atoms with Crippen molar-refractivity contribution in [1.82, 2.24) is 10.7 Å². The molecule has 152 valence electrons. The first-order chi connectivity index (χ1) is 13.8. The number of methoxy groups -OCH3 is 2. The molecule has 0 aromatic heterocycles. The van der Waals surface area contributed by atoms with Crippen molar-refractivity contribution in [2.45, 2.75) is 0 Å². The molecule has 2 amide bonds. The number of hydrogen-bond acceptors (Lipinski definition) is 7. The van der Waals surface area contributed by atoms with Crippen LogP contribution in [0.15, 0.2) is 41.5 Å². The lowest BCUT2D eigenvalue weighted by molar-refractivity contribution is -0.385. The SMILES string of the molecule is COc1cc(OC)c([N+](=O)[O-])cc1C=NNC(=O)CNC(=O)c1cccc(F)c1. The summed E-state index contributed by atoms with van der Waals surface area (Å²) in [5.74, 6) is -1.61. The molecule has 2 N–H and O–H groups in total. The molecule has 0 saturated heterocycles. The highest BCUT2D eigenvalue weighted by Gasteiger charge is 2.19. The topological polar surface area (TPSA) is 132 Å². The molecule has 29 heavy (non-hydrogen) atoms. The highest BCUT2D eigenvalue weighted by molar-refractivity contribution is 5.96. The lowest BCUT2D eigenvalue weighted by Gasteiger charge is -2.08. The Bertz CT molecular complexity index is 963. The maximum atomic E-state index is 13.1. The van der Waals surface area contributed by atoms with Crippen LogP contribution < -0.4 is 20.2 Å². The van der Waals surface area contributed by atoms with E-state index < -0.39 is 29.1 Å². The highest BCUT2D eigenvalue weighted by Crippen LogP contribution is 2.33.